The van der Waals surface area contributed by atoms with Crippen LogP contribution >= 0.6 is 12.2 Å². The lowest BCUT2D eigenvalue weighted by Crippen LogP contribution is -2.49. The maximum absolute atomic E-state index is 12.7. The molecule has 2 amide bonds. The Bertz CT molecular complexity index is 1170. The fraction of sp³-hybridized carbons (Fsp3) is 0.192. The number of hydrogen-bond donors (Lipinski definition) is 3. The summed E-state index contributed by atoms with van der Waals surface area (Å²) in [6.45, 7) is 4.24. The summed E-state index contributed by atoms with van der Waals surface area (Å²) in [5.74, 6) is 0.810. The summed E-state index contributed by atoms with van der Waals surface area (Å²) in [7, 11) is 0. The third kappa shape index (κ3) is 8.01. The molecule has 0 aliphatic carbocycles. The first-order valence-electron chi connectivity index (χ1n) is 10.9. The Kier molecular flexibility index (Phi) is 9.44. The highest BCUT2D eigenvalue weighted by molar-refractivity contribution is 7.80. The molecule has 35 heavy (non-hydrogen) atoms. The van der Waals surface area contributed by atoms with E-state index in [9.17, 15) is 9.59 Å². The smallest absolute Gasteiger partial charge is 0.276 e. The summed E-state index contributed by atoms with van der Waals surface area (Å²) in [6.07, 6.45) is 0. The number of hydrazine groups is 1. The summed E-state index contributed by atoms with van der Waals surface area (Å²) in [4.78, 5) is 24.7. The van der Waals surface area contributed by atoms with Crippen LogP contribution in [0, 0.1) is 13.8 Å². The Morgan fingerprint density at radius 1 is 0.771 bits per heavy atom. The number of nitrogens with one attached hydrogen (secondary N) is 3. The summed E-state index contributed by atoms with van der Waals surface area (Å²) < 4.78 is 16.9. The number of carbonyl (C=O) groups excluding carboxylic acids is 2. The number of benzene rings is 3. The molecule has 9 heteroatoms. The lowest BCUT2D eigenvalue weighted by Gasteiger charge is -2.14. The van der Waals surface area contributed by atoms with Crippen molar-refractivity contribution >= 4 is 29.1 Å². The topological polar surface area (TPSA) is 97.9 Å². The quantitative estimate of drug-likeness (QED) is 0.239. The number of rotatable bonds is 9. The molecule has 0 saturated heterocycles. The van der Waals surface area contributed by atoms with Crippen LogP contribution in [-0.4, -0.2) is 36.7 Å². The lowest BCUT2D eigenvalue weighted by molar-refractivity contribution is -0.123. The average molecular weight is 494 g/mol. The molecule has 0 radical (unpaired) electrons. The van der Waals surface area contributed by atoms with E-state index in [0.717, 1.165) is 16.9 Å². The predicted octanol–water partition coefficient (Wildman–Crippen LogP) is 3.48. The fourth-order valence-electron chi connectivity index (χ4n) is 3.00. The third-order valence-electron chi connectivity index (χ3n) is 4.94. The van der Waals surface area contributed by atoms with Gasteiger partial charge in [-0.2, -0.15) is 0 Å². The van der Waals surface area contributed by atoms with Gasteiger partial charge in [-0.1, -0.05) is 42.5 Å². The number of thiocarbonyl (C=S) groups is 1. The minimum absolute atomic E-state index is 0.0719. The molecule has 0 unspecified atom stereocenters. The number of aryl methyl sites for hydroxylation is 1. The molecule has 0 aliphatic heterocycles. The monoisotopic (exact) mass is 493 g/mol. The maximum Gasteiger partial charge on any atom is 0.276 e. The molecule has 0 aliphatic rings. The van der Waals surface area contributed by atoms with E-state index in [4.69, 9.17) is 26.4 Å². The van der Waals surface area contributed by atoms with Crippen LogP contribution in [0.5, 0.6) is 17.2 Å². The largest absolute Gasteiger partial charge is 0.490 e. The highest BCUT2D eigenvalue weighted by atomic mass is 32.1. The molecular formula is C26H27N3O5S. The summed E-state index contributed by atoms with van der Waals surface area (Å²) >= 11 is 5.11. The number of carbonyl (C=O) groups is 2. The molecule has 0 aromatic heterocycles. The molecule has 3 aromatic rings. The van der Waals surface area contributed by atoms with Crippen LogP contribution in [0.2, 0.25) is 0 Å². The Labute approximate surface area is 209 Å². The minimum atomic E-state index is -0.483. The molecular weight excluding hydrogens is 466 g/mol. The van der Waals surface area contributed by atoms with Gasteiger partial charge < -0.3 is 14.2 Å². The van der Waals surface area contributed by atoms with Gasteiger partial charge in [0.25, 0.3) is 11.8 Å². The lowest BCUT2D eigenvalue weighted by atomic mass is 10.1. The second-order valence-electron chi connectivity index (χ2n) is 7.45. The van der Waals surface area contributed by atoms with E-state index in [-0.39, 0.29) is 18.3 Å². The first-order valence-corrected chi connectivity index (χ1v) is 11.3. The van der Waals surface area contributed by atoms with E-state index in [1.807, 2.05) is 56.3 Å². The first kappa shape index (κ1) is 25.5. The van der Waals surface area contributed by atoms with E-state index in [1.165, 1.54) is 0 Å². The van der Waals surface area contributed by atoms with Crippen LogP contribution in [0.15, 0.2) is 72.8 Å². The van der Waals surface area contributed by atoms with Gasteiger partial charge in [0.2, 0.25) is 0 Å². The molecule has 3 rings (SSSR count). The Morgan fingerprint density at radius 3 is 2.26 bits per heavy atom. The molecule has 0 bridgehead atoms. The molecule has 0 fully saturated rings. The van der Waals surface area contributed by atoms with Gasteiger partial charge in [0.15, 0.2) is 11.7 Å². The van der Waals surface area contributed by atoms with Crippen LogP contribution in [0.25, 0.3) is 0 Å². The Hall–Kier alpha value is -4.11. The van der Waals surface area contributed by atoms with Crippen molar-refractivity contribution in [1.29, 1.82) is 0 Å². The van der Waals surface area contributed by atoms with Crippen LogP contribution in [0.1, 0.15) is 21.5 Å². The maximum atomic E-state index is 12.7. The molecule has 0 saturated carbocycles. The van der Waals surface area contributed by atoms with Crippen molar-refractivity contribution in [2.75, 3.05) is 19.8 Å². The zero-order valence-electron chi connectivity index (χ0n) is 19.5. The minimum Gasteiger partial charge on any atom is -0.490 e. The molecule has 8 nitrogen and oxygen atoms in total. The van der Waals surface area contributed by atoms with E-state index in [2.05, 4.69) is 16.2 Å². The molecule has 0 atom stereocenters. The summed E-state index contributed by atoms with van der Waals surface area (Å²) in [5.41, 5.74) is 7.21. The van der Waals surface area contributed by atoms with Crippen LogP contribution < -0.4 is 30.4 Å². The van der Waals surface area contributed by atoms with Crippen molar-refractivity contribution in [1.82, 2.24) is 16.2 Å². The van der Waals surface area contributed by atoms with Gasteiger partial charge in [-0.15, -0.1) is 0 Å². The standard InChI is InChI=1S/C26H27N3O5S/c1-18-9-8-14-22(19(18)2)34-17-24(30)28-29-26(35)27-25(31)21-12-6-7-13-23(21)33-16-15-32-20-10-4-3-5-11-20/h3-14H,15-17H2,1-2H3,(H,28,30)(H2,27,29,31,35). The van der Waals surface area contributed by atoms with Crippen molar-refractivity contribution in [3.63, 3.8) is 0 Å². The van der Waals surface area contributed by atoms with Crippen LogP contribution in [0.4, 0.5) is 0 Å². The molecule has 0 spiro atoms. The van der Waals surface area contributed by atoms with Gasteiger partial charge in [0, 0.05) is 0 Å². The normalized spacial score (nSPS) is 10.1. The van der Waals surface area contributed by atoms with Gasteiger partial charge in [-0.05, 0) is 67.5 Å². The van der Waals surface area contributed by atoms with E-state index >= 15 is 0 Å². The van der Waals surface area contributed by atoms with Crippen molar-refractivity contribution in [3.8, 4) is 17.2 Å². The summed E-state index contributed by atoms with van der Waals surface area (Å²) in [6, 6.07) is 21.8. The Balaban J connectivity index is 1.43. The molecule has 182 valence electrons. The van der Waals surface area contributed by atoms with E-state index < -0.39 is 11.8 Å². The zero-order chi connectivity index (χ0) is 25.0. The predicted molar refractivity (Wildman–Crippen MR) is 137 cm³/mol. The molecule has 0 heterocycles. The molecule has 3 aromatic carbocycles. The Morgan fingerprint density at radius 2 is 1.46 bits per heavy atom. The number of ether oxygens (including phenoxy) is 3. The number of para-hydroxylation sites is 2. The van der Waals surface area contributed by atoms with Gasteiger partial charge in [0.1, 0.15) is 30.5 Å². The highest BCUT2D eigenvalue weighted by Crippen LogP contribution is 2.20. The van der Waals surface area contributed by atoms with E-state index in [1.54, 1.807) is 30.3 Å². The van der Waals surface area contributed by atoms with Gasteiger partial charge >= 0.3 is 0 Å². The second-order valence-corrected chi connectivity index (χ2v) is 7.86. The van der Waals surface area contributed by atoms with Crippen molar-refractivity contribution in [3.05, 3.63) is 89.5 Å². The van der Waals surface area contributed by atoms with Gasteiger partial charge in [-0.3, -0.25) is 25.8 Å². The van der Waals surface area contributed by atoms with Crippen LogP contribution in [0.3, 0.4) is 0 Å². The third-order valence-corrected chi connectivity index (χ3v) is 5.14. The van der Waals surface area contributed by atoms with Gasteiger partial charge in [-0.25, -0.2) is 0 Å². The highest BCUT2D eigenvalue weighted by Gasteiger charge is 2.14. The van der Waals surface area contributed by atoms with Crippen LogP contribution in [-0.2, 0) is 4.79 Å². The van der Waals surface area contributed by atoms with Gasteiger partial charge in [0.05, 0.1) is 5.56 Å². The first-order chi connectivity index (χ1) is 16.9. The molecule has 3 N–H and O–H groups in total. The SMILES string of the molecule is Cc1cccc(OCC(=O)NNC(=S)NC(=O)c2ccccc2OCCOc2ccccc2)c1C. The van der Waals surface area contributed by atoms with Crippen molar-refractivity contribution < 1.29 is 23.8 Å². The van der Waals surface area contributed by atoms with Crippen molar-refractivity contribution in [2.45, 2.75) is 13.8 Å². The second kappa shape index (κ2) is 13.0. The zero-order valence-corrected chi connectivity index (χ0v) is 20.3. The average Bonchev–Trinajstić information content (AvgIpc) is 2.87. The van der Waals surface area contributed by atoms with E-state index in [0.29, 0.717) is 23.7 Å². The number of amides is 2. The van der Waals surface area contributed by atoms with Crippen molar-refractivity contribution in [2.24, 2.45) is 0 Å². The fourth-order valence-corrected chi connectivity index (χ4v) is 3.14. The number of hydrogen-bond acceptors (Lipinski definition) is 6. The summed E-state index contributed by atoms with van der Waals surface area (Å²) in [5, 5.41) is 2.44.